The van der Waals surface area contributed by atoms with Crippen LogP contribution in [-0.2, 0) is 4.79 Å². The number of carbonyl (C=O) groups is 1. The zero-order chi connectivity index (χ0) is 13.7. The van der Waals surface area contributed by atoms with Crippen molar-refractivity contribution >= 4 is 23.4 Å². The maximum Gasteiger partial charge on any atom is 0.233 e. The first kappa shape index (κ1) is 14.0. The summed E-state index contributed by atoms with van der Waals surface area (Å²) in [6.07, 6.45) is 0. The van der Waals surface area contributed by atoms with Crippen molar-refractivity contribution in [1.82, 2.24) is 10.2 Å². The van der Waals surface area contributed by atoms with Crippen molar-refractivity contribution in [1.29, 1.82) is 0 Å². The van der Waals surface area contributed by atoms with Crippen molar-refractivity contribution in [3.8, 4) is 5.75 Å². The second kappa shape index (κ2) is 6.68. The zero-order valence-corrected chi connectivity index (χ0v) is 11.8. The number of methoxy groups -OCH3 is 1. The molecular weight excluding hydrogens is 262 g/mol. The highest BCUT2D eigenvalue weighted by Crippen LogP contribution is 2.29. The second-order valence-corrected chi connectivity index (χ2v) is 5.34. The van der Waals surface area contributed by atoms with Gasteiger partial charge in [-0.2, -0.15) is 0 Å². The van der Waals surface area contributed by atoms with E-state index in [1.54, 1.807) is 13.2 Å². The van der Waals surface area contributed by atoms with Crippen molar-refractivity contribution in [3.63, 3.8) is 0 Å². The number of piperazine rings is 1. The molecule has 0 aliphatic carbocycles. The summed E-state index contributed by atoms with van der Waals surface area (Å²) in [6, 6.07) is 5.49. The van der Waals surface area contributed by atoms with Crippen molar-refractivity contribution in [3.05, 3.63) is 18.2 Å². The normalized spacial score (nSPS) is 15.3. The quantitative estimate of drug-likeness (QED) is 0.631. The first-order valence-electron chi connectivity index (χ1n) is 6.25. The summed E-state index contributed by atoms with van der Waals surface area (Å²) < 4.78 is 5.16. The van der Waals surface area contributed by atoms with E-state index in [1.165, 1.54) is 11.8 Å². The van der Waals surface area contributed by atoms with Crippen LogP contribution in [0.3, 0.4) is 0 Å². The topological polar surface area (TPSA) is 67.6 Å². The Morgan fingerprint density at radius 2 is 2.21 bits per heavy atom. The van der Waals surface area contributed by atoms with Crippen molar-refractivity contribution < 1.29 is 9.53 Å². The van der Waals surface area contributed by atoms with Gasteiger partial charge in [-0.1, -0.05) is 0 Å². The van der Waals surface area contributed by atoms with E-state index in [-0.39, 0.29) is 5.91 Å². The van der Waals surface area contributed by atoms with E-state index in [1.807, 2.05) is 17.0 Å². The van der Waals surface area contributed by atoms with Crippen LogP contribution in [0.2, 0.25) is 0 Å². The fourth-order valence-electron chi connectivity index (χ4n) is 1.91. The fourth-order valence-corrected chi connectivity index (χ4v) is 2.81. The maximum atomic E-state index is 12.0. The number of hydrogen-bond donors (Lipinski definition) is 2. The molecule has 1 fully saturated rings. The Morgan fingerprint density at radius 1 is 1.47 bits per heavy atom. The number of nitrogen functional groups attached to an aromatic ring is 1. The summed E-state index contributed by atoms with van der Waals surface area (Å²) in [7, 11) is 1.62. The number of nitrogens with one attached hydrogen (secondary N) is 1. The highest BCUT2D eigenvalue weighted by Gasteiger charge is 2.16. The molecule has 3 N–H and O–H groups in total. The van der Waals surface area contributed by atoms with Gasteiger partial charge in [0, 0.05) is 36.8 Å². The zero-order valence-electron chi connectivity index (χ0n) is 11.0. The number of anilines is 1. The van der Waals surface area contributed by atoms with Crippen LogP contribution < -0.4 is 15.8 Å². The van der Waals surface area contributed by atoms with E-state index < -0.39 is 0 Å². The van der Waals surface area contributed by atoms with Crippen molar-refractivity contribution in [2.24, 2.45) is 0 Å². The van der Waals surface area contributed by atoms with Crippen LogP contribution in [0.25, 0.3) is 0 Å². The van der Waals surface area contributed by atoms with Crippen LogP contribution in [0.15, 0.2) is 23.1 Å². The highest BCUT2D eigenvalue weighted by atomic mass is 32.2. The van der Waals surface area contributed by atoms with Gasteiger partial charge >= 0.3 is 0 Å². The first-order chi connectivity index (χ1) is 9.20. The van der Waals surface area contributed by atoms with Crippen LogP contribution in [0.1, 0.15) is 0 Å². The molecule has 104 valence electrons. The molecule has 0 saturated carbocycles. The number of nitrogens with zero attached hydrogens (tertiary/aromatic N) is 1. The molecule has 1 aliphatic heterocycles. The molecule has 5 nitrogen and oxygen atoms in total. The summed E-state index contributed by atoms with van der Waals surface area (Å²) in [5, 5.41) is 3.23. The largest absolute Gasteiger partial charge is 0.497 e. The minimum atomic E-state index is 0.161. The van der Waals surface area contributed by atoms with Gasteiger partial charge in [-0.3, -0.25) is 4.79 Å². The molecule has 0 aromatic heterocycles. The van der Waals surface area contributed by atoms with Gasteiger partial charge in [0.05, 0.1) is 12.9 Å². The van der Waals surface area contributed by atoms with E-state index in [0.717, 1.165) is 36.8 Å². The summed E-state index contributed by atoms with van der Waals surface area (Å²) in [6.45, 7) is 3.31. The highest BCUT2D eigenvalue weighted by molar-refractivity contribution is 8.00. The van der Waals surface area contributed by atoms with Crippen molar-refractivity contribution in [2.45, 2.75) is 4.90 Å². The van der Waals surface area contributed by atoms with E-state index in [0.29, 0.717) is 11.4 Å². The number of nitrogens with two attached hydrogens (primary N) is 1. The van der Waals surface area contributed by atoms with Gasteiger partial charge in [-0.05, 0) is 18.2 Å². The van der Waals surface area contributed by atoms with Gasteiger partial charge in [0.15, 0.2) is 0 Å². The van der Waals surface area contributed by atoms with E-state index in [9.17, 15) is 4.79 Å². The van der Waals surface area contributed by atoms with Gasteiger partial charge in [-0.25, -0.2) is 0 Å². The molecule has 1 aromatic rings. The average Bonchev–Trinajstić information content (AvgIpc) is 2.47. The molecule has 0 radical (unpaired) electrons. The van der Waals surface area contributed by atoms with E-state index in [4.69, 9.17) is 10.5 Å². The molecular formula is C13H19N3O2S. The predicted molar refractivity (Wildman–Crippen MR) is 77.6 cm³/mol. The fraction of sp³-hybridized carbons (Fsp3) is 0.462. The van der Waals surface area contributed by atoms with Gasteiger partial charge in [0.1, 0.15) is 5.75 Å². The van der Waals surface area contributed by atoms with Crippen molar-refractivity contribution in [2.75, 3.05) is 44.8 Å². The Labute approximate surface area is 117 Å². The Balaban J connectivity index is 1.92. The van der Waals surface area contributed by atoms with E-state index >= 15 is 0 Å². The molecule has 2 rings (SSSR count). The van der Waals surface area contributed by atoms with Gasteiger partial charge < -0.3 is 20.7 Å². The lowest BCUT2D eigenvalue weighted by atomic mass is 10.3. The van der Waals surface area contributed by atoms with Gasteiger partial charge in [0.2, 0.25) is 5.91 Å². The molecule has 0 unspecified atom stereocenters. The molecule has 1 saturated heterocycles. The predicted octanol–water partition coefficient (Wildman–Crippen LogP) is 0.801. The first-order valence-corrected chi connectivity index (χ1v) is 7.24. The molecule has 19 heavy (non-hydrogen) atoms. The Morgan fingerprint density at radius 3 is 2.89 bits per heavy atom. The average molecular weight is 281 g/mol. The Kier molecular flexibility index (Phi) is 4.93. The lowest BCUT2D eigenvalue weighted by Gasteiger charge is -2.27. The summed E-state index contributed by atoms with van der Waals surface area (Å²) in [4.78, 5) is 14.8. The number of amides is 1. The number of rotatable bonds is 4. The van der Waals surface area contributed by atoms with Crippen LogP contribution in [0.4, 0.5) is 5.69 Å². The lowest BCUT2D eigenvalue weighted by molar-refractivity contribution is -0.128. The third kappa shape index (κ3) is 3.78. The maximum absolute atomic E-state index is 12.0. The summed E-state index contributed by atoms with van der Waals surface area (Å²) >= 11 is 1.46. The molecule has 0 atom stereocenters. The number of benzene rings is 1. The van der Waals surface area contributed by atoms with Crippen LogP contribution >= 0.6 is 11.8 Å². The third-order valence-corrected chi connectivity index (χ3v) is 4.10. The standard InChI is InChI=1S/C13H19N3O2S/c1-18-10-2-3-11(14)12(8-10)19-9-13(17)16-6-4-15-5-7-16/h2-3,8,15H,4-7,9,14H2,1H3. The lowest BCUT2D eigenvalue weighted by Crippen LogP contribution is -2.47. The number of thioether (sulfide) groups is 1. The van der Waals surface area contributed by atoms with Gasteiger partial charge in [-0.15, -0.1) is 11.8 Å². The summed E-state index contributed by atoms with van der Waals surface area (Å²) in [5.41, 5.74) is 6.58. The van der Waals surface area contributed by atoms with Crippen LogP contribution in [-0.4, -0.2) is 49.8 Å². The Hall–Kier alpha value is -1.40. The molecule has 1 aromatic carbocycles. The third-order valence-electron chi connectivity index (χ3n) is 3.04. The minimum Gasteiger partial charge on any atom is -0.497 e. The minimum absolute atomic E-state index is 0.161. The molecule has 6 heteroatoms. The van der Waals surface area contributed by atoms with Crippen LogP contribution in [0.5, 0.6) is 5.75 Å². The van der Waals surface area contributed by atoms with Gasteiger partial charge in [0.25, 0.3) is 0 Å². The monoisotopic (exact) mass is 281 g/mol. The number of hydrogen-bond acceptors (Lipinski definition) is 5. The molecule has 1 aliphatic rings. The molecule has 0 bridgehead atoms. The summed E-state index contributed by atoms with van der Waals surface area (Å²) in [5.74, 6) is 1.33. The molecule has 0 spiro atoms. The number of carbonyl (C=O) groups excluding carboxylic acids is 1. The SMILES string of the molecule is COc1ccc(N)c(SCC(=O)N2CCNCC2)c1. The second-order valence-electron chi connectivity index (χ2n) is 4.32. The smallest absolute Gasteiger partial charge is 0.233 e. The molecule has 1 amide bonds. The number of ether oxygens (including phenoxy) is 1. The Bertz CT molecular complexity index is 448. The van der Waals surface area contributed by atoms with Crippen LogP contribution in [0, 0.1) is 0 Å². The van der Waals surface area contributed by atoms with E-state index in [2.05, 4.69) is 5.32 Å². The molecule has 1 heterocycles.